The second-order valence-electron chi connectivity index (χ2n) is 5.18. The van der Waals surface area contributed by atoms with Crippen molar-refractivity contribution in [2.24, 2.45) is 0 Å². The lowest BCUT2D eigenvalue weighted by atomic mass is 10.0. The van der Waals surface area contributed by atoms with Crippen molar-refractivity contribution in [2.75, 3.05) is 7.05 Å². The highest BCUT2D eigenvalue weighted by molar-refractivity contribution is 5.87. The summed E-state index contributed by atoms with van der Waals surface area (Å²) in [6.07, 6.45) is 1.69. The normalized spacial score (nSPS) is 11.6. The van der Waals surface area contributed by atoms with Crippen LogP contribution < -0.4 is 0 Å². The predicted molar refractivity (Wildman–Crippen MR) is 74.2 cm³/mol. The minimum atomic E-state index is -1.25. The first-order valence-electron chi connectivity index (χ1n) is 6.24. The van der Waals surface area contributed by atoms with Crippen molar-refractivity contribution in [1.82, 2.24) is 14.7 Å². The molecule has 1 amide bonds. The number of aliphatic carboxylic acids is 1. The standard InChI is InChI=1S/C14H17N3O3/c1-14(2,13(19)20)16(3)12(18)9-17-11-7-5-4-6-10(11)8-15-17/h4-8H,9H2,1-3H3,(H,19,20). The molecule has 0 bridgehead atoms. The van der Waals surface area contributed by atoms with Crippen molar-refractivity contribution in [3.8, 4) is 0 Å². The molecule has 0 saturated heterocycles. The molecule has 0 unspecified atom stereocenters. The third kappa shape index (κ3) is 2.36. The number of hydrogen-bond donors (Lipinski definition) is 1. The van der Waals surface area contributed by atoms with Gasteiger partial charge in [-0.25, -0.2) is 4.79 Å². The number of hydrogen-bond acceptors (Lipinski definition) is 3. The fraction of sp³-hybridized carbons (Fsp3) is 0.357. The van der Waals surface area contributed by atoms with Crippen LogP contribution in [-0.2, 0) is 16.1 Å². The van der Waals surface area contributed by atoms with E-state index in [0.717, 1.165) is 10.9 Å². The lowest BCUT2D eigenvalue weighted by Gasteiger charge is -2.31. The maximum Gasteiger partial charge on any atom is 0.329 e. The Morgan fingerprint density at radius 2 is 2.00 bits per heavy atom. The van der Waals surface area contributed by atoms with Gasteiger partial charge in [-0.15, -0.1) is 0 Å². The number of carbonyl (C=O) groups excluding carboxylic acids is 1. The van der Waals surface area contributed by atoms with Crippen molar-refractivity contribution in [1.29, 1.82) is 0 Å². The van der Waals surface area contributed by atoms with Gasteiger partial charge in [-0.3, -0.25) is 9.48 Å². The van der Waals surface area contributed by atoms with Crippen molar-refractivity contribution in [3.63, 3.8) is 0 Å². The highest BCUT2D eigenvalue weighted by Crippen LogP contribution is 2.16. The summed E-state index contributed by atoms with van der Waals surface area (Å²) in [7, 11) is 1.49. The Hall–Kier alpha value is -2.37. The van der Waals surface area contributed by atoms with E-state index in [-0.39, 0.29) is 12.5 Å². The third-order valence-corrected chi connectivity index (χ3v) is 3.57. The Morgan fingerprint density at radius 1 is 1.35 bits per heavy atom. The van der Waals surface area contributed by atoms with Crippen LogP contribution in [0.3, 0.4) is 0 Å². The van der Waals surface area contributed by atoms with E-state index in [1.165, 1.54) is 25.8 Å². The smallest absolute Gasteiger partial charge is 0.329 e. The summed E-state index contributed by atoms with van der Waals surface area (Å²) in [6.45, 7) is 3.00. The lowest BCUT2D eigenvalue weighted by molar-refractivity contribution is -0.155. The largest absolute Gasteiger partial charge is 0.480 e. The first-order chi connectivity index (χ1) is 9.34. The Balaban J connectivity index is 2.22. The van der Waals surface area contributed by atoms with Crippen LogP contribution in [0.2, 0.25) is 0 Å². The second-order valence-corrected chi connectivity index (χ2v) is 5.18. The fourth-order valence-electron chi connectivity index (χ4n) is 1.84. The van der Waals surface area contributed by atoms with Crippen LogP contribution in [0.5, 0.6) is 0 Å². The lowest BCUT2D eigenvalue weighted by Crippen LogP contribution is -2.51. The first kappa shape index (κ1) is 14.0. The zero-order valence-corrected chi connectivity index (χ0v) is 11.7. The minimum absolute atomic E-state index is 0.0146. The summed E-state index contributed by atoms with van der Waals surface area (Å²) < 4.78 is 1.58. The average molecular weight is 275 g/mol. The van der Waals surface area contributed by atoms with Crippen LogP contribution in [0, 0.1) is 0 Å². The molecular weight excluding hydrogens is 258 g/mol. The topological polar surface area (TPSA) is 75.4 Å². The SMILES string of the molecule is CN(C(=O)Cn1ncc2ccccc21)C(C)(C)C(=O)O. The zero-order valence-electron chi connectivity index (χ0n) is 11.7. The van der Waals surface area contributed by atoms with Gasteiger partial charge in [0.1, 0.15) is 12.1 Å². The number of carboxylic acids is 1. The van der Waals surface area contributed by atoms with Crippen LogP contribution in [0.15, 0.2) is 30.5 Å². The molecule has 0 radical (unpaired) electrons. The minimum Gasteiger partial charge on any atom is -0.480 e. The van der Waals surface area contributed by atoms with Gasteiger partial charge in [-0.2, -0.15) is 5.10 Å². The van der Waals surface area contributed by atoms with Crippen LogP contribution in [0.1, 0.15) is 13.8 Å². The van der Waals surface area contributed by atoms with Gasteiger partial charge in [-0.05, 0) is 19.9 Å². The summed E-state index contributed by atoms with van der Waals surface area (Å²) in [5, 5.41) is 14.3. The van der Waals surface area contributed by atoms with Gasteiger partial charge in [0, 0.05) is 12.4 Å². The molecule has 0 spiro atoms. The number of fused-ring (bicyclic) bond motifs is 1. The van der Waals surface area contributed by atoms with Gasteiger partial charge in [-0.1, -0.05) is 18.2 Å². The van der Waals surface area contributed by atoms with Crippen molar-refractivity contribution in [3.05, 3.63) is 30.5 Å². The van der Waals surface area contributed by atoms with Crippen LogP contribution in [-0.4, -0.2) is 44.3 Å². The molecule has 0 atom stereocenters. The Kier molecular flexibility index (Phi) is 3.48. The highest BCUT2D eigenvalue weighted by Gasteiger charge is 2.35. The second kappa shape index (κ2) is 4.96. The van der Waals surface area contributed by atoms with Crippen molar-refractivity contribution < 1.29 is 14.7 Å². The van der Waals surface area contributed by atoms with E-state index in [1.54, 1.807) is 10.9 Å². The van der Waals surface area contributed by atoms with Gasteiger partial charge in [0.25, 0.3) is 0 Å². The fourth-order valence-corrected chi connectivity index (χ4v) is 1.84. The maximum absolute atomic E-state index is 12.2. The van der Waals surface area contributed by atoms with E-state index in [0.29, 0.717) is 0 Å². The van der Waals surface area contributed by atoms with Gasteiger partial charge < -0.3 is 10.0 Å². The van der Waals surface area contributed by atoms with E-state index in [4.69, 9.17) is 5.11 Å². The number of aromatic nitrogens is 2. The molecule has 6 heteroatoms. The summed E-state index contributed by atoms with van der Waals surface area (Å²) in [5.74, 6) is -1.34. The first-order valence-corrected chi connectivity index (χ1v) is 6.24. The molecule has 106 valence electrons. The number of nitrogens with zero attached hydrogens (tertiary/aromatic N) is 3. The van der Waals surface area contributed by atoms with Crippen LogP contribution in [0.25, 0.3) is 10.9 Å². The molecule has 0 aliphatic rings. The Bertz CT molecular complexity index is 660. The number of likely N-dealkylation sites (N-methyl/N-ethyl adjacent to an activating group) is 1. The van der Waals surface area contributed by atoms with Crippen molar-refractivity contribution >= 4 is 22.8 Å². The third-order valence-electron chi connectivity index (χ3n) is 3.57. The van der Waals surface area contributed by atoms with Crippen molar-refractivity contribution in [2.45, 2.75) is 25.9 Å². The summed E-state index contributed by atoms with van der Waals surface area (Å²) in [6, 6.07) is 7.55. The van der Waals surface area contributed by atoms with E-state index < -0.39 is 11.5 Å². The summed E-state index contributed by atoms with van der Waals surface area (Å²) in [4.78, 5) is 24.6. The van der Waals surface area contributed by atoms with Crippen LogP contribution >= 0.6 is 0 Å². The summed E-state index contributed by atoms with van der Waals surface area (Å²) in [5.41, 5.74) is -0.401. The molecule has 1 aromatic heterocycles. The number of amides is 1. The van der Waals surface area contributed by atoms with Gasteiger partial charge in [0.15, 0.2) is 0 Å². The monoisotopic (exact) mass is 275 g/mol. The molecule has 20 heavy (non-hydrogen) atoms. The quantitative estimate of drug-likeness (QED) is 0.914. The molecule has 1 aromatic carbocycles. The molecule has 0 fully saturated rings. The Labute approximate surface area is 116 Å². The zero-order chi connectivity index (χ0) is 14.9. The maximum atomic E-state index is 12.2. The van der Waals surface area contributed by atoms with E-state index in [2.05, 4.69) is 5.10 Å². The van der Waals surface area contributed by atoms with Crippen LogP contribution in [0.4, 0.5) is 0 Å². The molecule has 0 aliphatic heterocycles. The predicted octanol–water partition coefficient (Wildman–Crippen LogP) is 1.36. The van der Waals surface area contributed by atoms with E-state index in [9.17, 15) is 9.59 Å². The van der Waals surface area contributed by atoms with Gasteiger partial charge in [0.2, 0.25) is 5.91 Å². The average Bonchev–Trinajstić information content (AvgIpc) is 2.81. The number of carbonyl (C=O) groups is 2. The molecule has 0 aliphatic carbocycles. The number of rotatable bonds is 4. The molecule has 1 N–H and O–H groups in total. The number of benzene rings is 1. The number of carboxylic acid groups (broad SMARTS) is 1. The molecule has 0 saturated carbocycles. The molecular formula is C14H17N3O3. The molecule has 2 aromatic rings. The highest BCUT2D eigenvalue weighted by atomic mass is 16.4. The van der Waals surface area contributed by atoms with Gasteiger partial charge in [0.05, 0.1) is 11.7 Å². The Morgan fingerprint density at radius 3 is 2.65 bits per heavy atom. The molecule has 2 rings (SSSR count). The van der Waals surface area contributed by atoms with Gasteiger partial charge >= 0.3 is 5.97 Å². The van der Waals surface area contributed by atoms with E-state index >= 15 is 0 Å². The van der Waals surface area contributed by atoms with E-state index in [1.807, 2.05) is 24.3 Å². The number of para-hydroxylation sites is 1. The summed E-state index contributed by atoms with van der Waals surface area (Å²) >= 11 is 0. The molecule has 6 nitrogen and oxygen atoms in total. The molecule has 1 heterocycles.